The topological polar surface area (TPSA) is 58.9 Å². The Balaban J connectivity index is 2.22. The van der Waals surface area contributed by atoms with Gasteiger partial charge in [0.1, 0.15) is 0 Å². The van der Waals surface area contributed by atoms with E-state index in [9.17, 15) is 10.1 Å². The molecule has 1 aromatic rings. The van der Waals surface area contributed by atoms with Crippen LogP contribution in [0.3, 0.4) is 0 Å². The van der Waals surface area contributed by atoms with Gasteiger partial charge in [0, 0.05) is 44.0 Å². The van der Waals surface area contributed by atoms with Crippen LogP contribution < -0.4 is 9.64 Å². The first-order chi connectivity index (χ1) is 8.61. The predicted octanol–water partition coefficient (Wildman–Crippen LogP) is 0.273. The molecule has 18 heavy (non-hydrogen) atoms. The second-order valence-electron chi connectivity index (χ2n) is 4.40. The number of nitrogens with zero attached hydrogens (tertiary/aromatic N) is 3. The Kier molecular flexibility index (Phi) is 3.71. The molecule has 0 atom stereocenters. The van der Waals surface area contributed by atoms with Gasteiger partial charge in [-0.3, -0.25) is 10.1 Å². The lowest BCUT2D eigenvalue weighted by Crippen LogP contribution is -2.45. The third-order valence-corrected chi connectivity index (χ3v) is 3.23. The molecule has 1 saturated heterocycles. The van der Waals surface area contributed by atoms with Crippen molar-refractivity contribution in [3.63, 3.8) is 0 Å². The average Bonchev–Trinajstić information content (AvgIpc) is 2.38. The first kappa shape index (κ1) is 12.7. The van der Waals surface area contributed by atoms with Gasteiger partial charge in [0.25, 0.3) is 0 Å². The van der Waals surface area contributed by atoms with Gasteiger partial charge in [-0.2, -0.15) is 0 Å². The van der Waals surface area contributed by atoms with Gasteiger partial charge in [-0.25, -0.2) is 0 Å². The fraction of sp³-hybridized carbons (Fsp3) is 0.455. The van der Waals surface area contributed by atoms with Crippen molar-refractivity contribution in [3.05, 3.63) is 28.3 Å². The van der Waals surface area contributed by atoms with Gasteiger partial charge in [-0.05, 0) is 6.07 Å². The standard InChI is InChI=1S/C11H16BN3O3/c1-18-11-8-9(2-3-10(11)15(16)17)13-4-6-14(12)7-5-13/h2-3,8H,4-7,12H2,1H3. The number of piperazine rings is 1. The van der Waals surface area contributed by atoms with Gasteiger partial charge in [-0.1, -0.05) is 0 Å². The van der Waals surface area contributed by atoms with Crippen LogP contribution in [-0.4, -0.2) is 51.0 Å². The summed E-state index contributed by atoms with van der Waals surface area (Å²) in [6, 6.07) is 5.03. The summed E-state index contributed by atoms with van der Waals surface area (Å²) in [5.74, 6) is 0.316. The van der Waals surface area contributed by atoms with E-state index in [2.05, 4.69) is 17.7 Å². The maximum absolute atomic E-state index is 10.8. The highest BCUT2D eigenvalue weighted by Gasteiger charge is 2.19. The van der Waals surface area contributed by atoms with Crippen LogP contribution in [0.15, 0.2) is 18.2 Å². The number of hydrogen-bond donors (Lipinski definition) is 0. The van der Waals surface area contributed by atoms with Gasteiger partial charge in [0.15, 0.2) is 13.7 Å². The molecule has 1 aromatic carbocycles. The van der Waals surface area contributed by atoms with E-state index >= 15 is 0 Å². The normalized spacial score (nSPS) is 16.6. The van der Waals surface area contributed by atoms with Gasteiger partial charge in [0.2, 0.25) is 0 Å². The van der Waals surface area contributed by atoms with Gasteiger partial charge >= 0.3 is 5.69 Å². The van der Waals surface area contributed by atoms with Gasteiger partial charge in [-0.15, -0.1) is 0 Å². The van der Waals surface area contributed by atoms with Crippen LogP contribution in [0.25, 0.3) is 0 Å². The lowest BCUT2D eigenvalue weighted by molar-refractivity contribution is -0.385. The SMILES string of the molecule is BN1CCN(c2ccc([N+](=O)[O-])c(OC)c2)CC1. The van der Waals surface area contributed by atoms with E-state index < -0.39 is 4.92 Å². The van der Waals surface area contributed by atoms with Crippen LogP contribution in [0.1, 0.15) is 0 Å². The second-order valence-corrected chi connectivity index (χ2v) is 4.40. The number of methoxy groups -OCH3 is 1. The molecule has 1 fully saturated rings. The monoisotopic (exact) mass is 249 g/mol. The molecule has 96 valence electrons. The summed E-state index contributed by atoms with van der Waals surface area (Å²) < 4.78 is 5.08. The Hall–Kier alpha value is -1.76. The van der Waals surface area contributed by atoms with Crippen LogP contribution in [-0.2, 0) is 0 Å². The quantitative estimate of drug-likeness (QED) is 0.437. The Morgan fingerprint density at radius 1 is 1.33 bits per heavy atom. The van der Waals surface area contributed by atoms with Gasteiger partial charge < -0.3 is 14.4 Å². The number of benzene rings is 1. The molecular formula is C11H16BN3O3. The highest BCUT2D eigenvalue weighted by Crippen LogP contribution is 2.31. The van der Waals surface area contributed by atoms with E-state index in [-0.39, 0.29) is 5.69 Å². The molecule has 0 unspecified atom stereocenters. The number of ether oxygens (including phenoxy) is 1. The molecule has 0 N–H and O–H groups in total. The van der Waals surface area contributed by atoms with E-state index in [0.29, 0.717) is 5.75 Å². The molecule has 2 rings (SSSR count). The molecule has 7 heteroatoms. The lowest BCUT2D eigenvalue weighted by Gasteiger charge is -2.34. The summed E-state index contributed by atoms with van der Waals surface area (Å²) in [7, 11) is 3.55. The highest BCUT2D eigenvalue weighted by atomic mass is 16.6. The molecule has 0 aliphatic carbocycles. The average molecular weight is 249 g/mol. The van der Waals surface area contributed by atoms with Crippen LogP contribution in [0.4, 0.5) is 11.4 Å². The Morgan fingerprint density at radius 3 is 2.56 bits per heavy atom. The van der Waals surface area contributed by atoms with Crippen LogP contribution in [0.2, 0.25) is 0 Å². The minimum absolute atomic E-state index is 0.00961. The predicted molar refractivity (Wildman–Crippen MR) is 72.0 cm³/mol. The van der Waals surface area contributed by atoms with Crippen LogP contribution >= 0.6 is 0 Å². The third kappa shape index (κ3) is 2.56. The molecular weight excluding hydrogens is 233 g/mol. The number of nitro benzene ring substituents is 1. The molecule has 0 saturated carbocycles. The minimum atomic E-state index is -0.424. The largest absolute Gasteiger partial charge is 0.490 e. The maximum atomic E-state index is 10.8. The first-order valence-corrected chi connectivity index (χ1v) is 5.87. The summed E-state index contributed by atoms with van der Waals surface area (Å²) in [4.78, 5) is 14.9. The highest BCUT2D eigenvalue weighted by molar-refractivity contribution is 6.04. The second kappa shape index (κ2) is 5.26. The summed E-state index contributed by atoms with van der Waals surface area (Å²) in [5.41, 5.74) is 0.987. The Bertz CT molecular complexity index is 447. The van der Waals surface area contributed by atoms with Crippen molar-refractivity contribution < 1.29 is 9.66 Å². The van der Waals surface area contributed by atoms with Gasteiger partial charge in [0.05, 0.1) is 12.0 Å². The fourth-order valence-electron chi connectivity index (χ4n) is 2.08. The molecule has 0 radical (unpaired) electrons. The smallest absolute Gasteiger partial charge is 0.311 e. The zero-order chi connectivity index (χ0) is 13.1. The zero-order valence-electron chi connectivity index (χ0n) is 10.6. The van der Waals surface area contributed by atoms with Crippen LogP contribution in [0.5, 0.6) is 5.75 Å². The summed E-state index contributed by atoms with van der Waals surface area (Å²) in [6.45, 7) is 3.85. The lowest BCUT2D eigenvalue weighted by atomic mass is 10.2. The number of nitro groups is 1. The van der Waals surface area contributed by atoms with Crippen molar-refractivity contribution >= 4 is 19.4 Å². The molecule has 1 aliphatic rings. The maximum Gasteiger partial charge on any atom is 0.311 e. The Labute approximate surface area is 107 Å². The molecule has 0 aromatic heterocycles. The molecule has 1 heterocycles. The van der Waals surface area contributed by atoms with Crippen molar-refractivity contribution in [3.8, 4) is 5.75 Å². The fourth-order valence-corrected chi connectivity index (χ4v) is 2.08. The third-order valence-electron chi connectivity index (χ3n) is 3.23. The van der Waals surface area contributed by atoms with E-state index in [4.69, 9.17) is 4.74 Å². The summed E-state index contributed by atoms with van der Waals surface area (Å²) >= 11 is 0. The van der Waals surface area contributed by atoms with E-state index in [1.165, 1.54) is 13.2 Å². The number of rotatable bonds is 3. The number of anilines is 1. The molecule has 0 amide bonds. The molecule has 1 aliphatic heterocycles. The molecule has 6 nitrogen and oxygen atoms in total. The first-order valence-electron chi connectivity index (χ1n) is 5.87. The number of hydrogen-bond acceptors (Lipinski definition) is 5. The van der Waals surface area contributed by atoms with E-state index in [1.54, 1.807) is 12.1 Å². The van der Waals surface area contributed by atoms with Crippen molar-refractivity contribution in [2.75, 3.05) is 38.2 Å². The van der Waals surface area contributed by atoms with E-state index in [0.717, 1.165) is 31.9 Å². The van der Waals surface area contributed by atoms with E-state index in [1.807, 2.05) is 0 Å². The van der Waals surface area contributed by atoms with Crippen molar-refractivity contribution in [2.45, 2.75) is 0 Å². The molecule has 0 bridgehead atoms. The van der Waals surface area contributed by atoms with Crippen molar-refractivity contribution in [2.24, 2.45) is 0 Å². The summed E-state index contributed by atoms with van der Waals surface area (Å²) in [6.07, 6.45) is 0. The van der Waals surface area contributed by atoms with Crippen LogP contribution in [0, 0.1) is 10.1 Å². The minimum Gasteiger partial charge on any atom is -0.490 e. The zero-order valence-corrected chi connectivity index (χ0v) is 10.6. The van der Waals surface area contributed by atoms with Crippen molar-refractivity contribution in [1.29, 1.82) is 0 Å². The summed E-state index contributed by atoms with van der Waals surface area (Å²) in [5, 5.41) is 10.8. The Morgan fingerprint density at radius 2 is 2.00 bits per heavy atom. The van der Waals surface area contributed by atoms with Crippen molar-refractivity contribution in [1.82, 2.24) is 4.81 Å². The molecule has 0 spiro atoms.